The Hall–Kier alpha value is -1.02. The number of benzene rings is 1. The van der Waals surface area contributed by atoms with Crippen molar-refractivity contribution >= 4 is 5.69 Å². The Morgan fingerprint density at radius 2 is 2.00 bits per heavy atom. The fourth-order valence-electron chi connectivity index (χ4n) is 2.13. The lowest BCUT2D eigenvalue weighted by Gasteiger charge is -2.39. The molecule has 2 heteroatoms. The maximum Gasteiger partial charge on any atom is 0.0366 e. The van der Waals surface area contributed by atoms with E-state index in [1.807, 2.05) is 0 Å². The van der Waals surface area contributed by atoms with Gasteiger partial charge in [0.05, 0.1) is 0 Å². The van der Waals surface area contributed by atoms with Crippen molar-refractivity contribution in [2.24, 2.45) is 5.73 Å². The van der Waals surface area contributed by atoms with E-state index in [1.165, 1.54) is 12.1 Å². The van der Waals surface area contributed by atoms with Crippen LogP contribution in [-0.2, 0) is 0 Å². The highest BCUT2D eigenvalue weighted by Crippen LogP contribution is 2.23. The van der Waals surface area contributed by atoms with Gasteiger partial charge in [-0.25, -0.2) is 0 Å². The zero-order chi connectivity index (χ0) is 10.0. The SMILES string of the molecule is CC1(N)CCCN(c2ccccc2)C1. The Kier molecular flexibility index (Phi) is 2.46. The minimum absolute atomic E-state index is 0.0198. The van der Waals surface area contributed by atoms with Gasteiger partial charge in [0.15, 0.2) is 0 Å². The third-order valence-electron chi connectivity index (χ3n) is 2.85. The molecule has 1 fully saturated rings. The summed E-state index contributed by atoms with van der Waals surface area (Å²) in [4.78, 5) is 2.38. The minimum Gasteiger partial charge on any atom is -0.370 e. The summed E-state index contributed by atoms with van der Waals surface area (Å²) in [5.41, 5.74) is 7.44. The molecular weight excluding hydrogens is 172 g/mol. The van der Waals surface area contributed by atoms with Crippen LogP contribution in [0.2, 0.25) is 0 Å². The molecule has 1 aromatic rings. The van der Waals surface area contributed by atoms with Gasteiger partial charge in [-0.3, -0.25) is 0 Å². The summed E-state index contributed by atoms with van der Waals surface area (Å²) in [6, 6.07) is 10.5. The molecular formula is C12H18N2. The molecule has 0 aliphatic carbocycles. The molecule has 0 saturated carbocycles. The first-order chi connectivity index (χ1) is 6.67. The van der Waals surface area contributed by atoms with E-state index in [1.54, 1.807) is 0 Å². The Morgan fingerprint density at radius 1 is 1.29 bits per heavy atom. The van der Waals surface area contributed by atoms with Crippen LogP contribution in [0.15, 0.2) is 30.3 Å². The number of nitrogens with two attached hydrogens (primary N) is 1. The standard InChI is InChI=1S/C12H18N2/c1-12(13)8-5-9-14(10-12)11-6-3-2-4-7-11/h2-4,6-7H,5,8-10,13H2,1H3. The van der Waals surface area contributed by atoms with Crippen LogP contribution in [0.1, 0.15) is 19.8 Å². The van der Waals surface area contributed by atoms with Gasteiger partial charge in [-0.15, -0.1) is 0 Å². The van der Waals surface area contributed by atoms with E-state index in [0.29, 0.717) is 0 Å². The number of anilines is 1. The predicted molar refractivity (Wildman–Crippen MR) is 60.5 cm³/mol. The first-order valence-corrected chi connectivity index (χ1v) is 5.26. The van der Waals surface area contributed by atoms with Crippen LogP contribution >= 0.6 is 0 Å². The smallest absolute Gasteiger partial charge is 0.0366 e. The molecule has 0 bridgehead atoms. The van der Waals surface area contributed by atoms with Gasteiger partial charge in [0.2, 0.25) is 0 Å². The number of nitrogens with zero attached hydrogens (tertiary/aromatic N) is 1. The van der Waals surface area contributed by atoms with E-state index < -0.39 is 0 Å². The lowest BCUT2D eigenvalue weighted by Crippen LogP contribution is -2.52. The molecule has 2 rings (SSSR count). The summed E-state index contributed by atoms with van der Waals surface area (Å²) in [7, 11) is 0. The van der Waals surface area contributed by atoms with E-state index in [-0.39, 0.29) is 5.54 Å². The molecule has 2 nitrogen and oxygen atoms in total. The predicted octanol–water partition coefficient (Wildman–Crippen LogP) is 2.00. The van der Waals surface area contributed by atoms with E-state index >= 15 is 0 Å². The highest BCUT2D eigenvalue weighted by molar-refractivity contribution is 5.46. The van der Waals surface area contributed by atoms with Gasteiger partial charge in [0.1, 0.15) is 0 Å². The Morgan fingerprint density at radius 3 is 2.64 bits per heavy atom. The quantitative estimate of drug-likeness (QED) is 0.734. The van der Waals surface area contributed by atoms with Crippen molar-refractivity contribution in [2.45, 2.75) is 25.3 Å². The van der Waals surface area contributed by atoms with Gasteiger partial charge in [0, 0.05) is 24.3 Å². The molecule has 2 N–H and O–H groups in total. The second-order valence-corrected chi connectivity index (χ2v) is 4.51. The molecule has 1 unspecified atom stereocenters. The molecule has 0 spiro atoms. The lowest BCUT2D eigenvalue weighted by atomic mass is 9.92. The molecule has 1 aliphatic heterocycles. The van der Waals surface area contributed by atoms with Crippen LogP contribution in [0.25, 0.3) is 0 Å². The number of hydrogen-bond donors (Lipinski definition) is 1. The summed E-state index contributed by atoms with van der Waals surface area (Å²) in [5.74, 6) is 0. The van der Waals surface area contributed by atoms with Crippen LogP contribution in [-0.4, -0.2) is 18.6 Å². The Balaban J connectivity index is 2.12. The van der Waals surface area contributed by atoms with Crippen LogP contribution < -0.4 is 10.6 Å². The third-order valence-corrected chi connectivity index (χ3v) is 2.85. The van der Waals surface area contributed by atoms with Crippen molar-refractivity contribution in [1.82, 2.24) is 0 Å². The second-order valence-electron chi connectivity index (χ2n) is 4.51. The summed E-state index contributed by atoms with van der Waals surface area (Å²) in [5, 5.41) is 0. The van der Waals surface area contributed by atoms with Gasteiger partial charge in [-0.05, 0) is 31.9 Å². The highest BCUT2D eigenvalue weighted by atomic mass is 15.2. The van der Waals surface area contributed by atoms with Crippen molar-refractivity contribution in [3.63, 3.8) is 0 Å². The maximum absolute atomic E-state index is 6.16. The van der Waals surface area contributed by atoms with Gasteiger partial charge in [0.25, 0.3) is 0 Å². The third kappa shape index (κ3) is 2.07. The first kappa shape index (κ1) is 9.53. The number of hydrogen-bond acceptors (Lipinski definition) is 2. The molecule has 0 radical (unpaired) electrons. The molecule has 14 heavy (non-hydrogen) atoms. The highest BCUT2D eigenvalue weighted by Gasteiger charge is 2.26. The van der Waals surface area contributed by atoms with Gasteiger partial charge < -0.3 is 10.6 Å². The first-order valence-electron chi connectivity index (χ1n) is 5.26. The Bertz CT molecular complexity index is 292. The fourth-order valence-corrected chi connectivity index (χ4v) is 2.13. The van der Waals surface area contributed by atoms with Gasteiger partial charge >= 0.3 is 0 Å². The van der Waals surface area contributed by atoms with Crippen LogP contribution in [0, 0.1) is 0 Å². The zero-order valence-electron chi connectivity index (χ0n) is 8.74. The topological polar surface area (TPSA) is 29.3 Å². The number of rotatable bonds is 1. The largest absolute Gasteiger partial charge is 0.370 e. The van der Waals surface area contributed by atoms with Crippen molar-refractivity contribution in [1.29, 1.82) is 0 Å². The number of piperidine rings is 1. The second kappa shape index (κ2) is 3.62. The van der Waals surface area contributed by atoms with Crippen LogP contribution in [0.5, 0.6) is 0 Å². The molecule has 1 saturated heterocycles. The lowest BCUT2D eigenvalue weighted by molar-refractivity contribution is 0.375. The minimum atomic E-state index is -0.0198. The molecule has 0 aromatic heterocycles. The maximum atomic E-state index is 6.16. The van der Waals surface area contributed by atoms with E-state index in [0.717, 1.165) is 19.5 Å². The van der Waals surface area contributed by atoms with Crippen molar-refractivity contribution in [3.05, 3.63) is 30.3 Å². The zero-order valence-corrected chi connectivity index (χ0v) is 8.74. The molecule has 1 aliphatic rings. The molecule has 0 amide bonds. The Labute approximate surface area is 85.7 Å². The molecule has 1 heterocycles. The normalized spacial score (nSPS) is 27.7. The van der Waals surface area contributed by atoms with E-state index in [2.05, 4.69) is 42.2 Å². The van der Waals surface area contributed by atoms with Crippen LogP contribution in [0.3, 0.4) is 0 Å². The summed E-state index contributed by atoms with van der Waals surface area (Å²) >= 11 is 0. The van der Waals surface area contributed by atoms with Crippen molar-refractivity contribution in [3.8, 4) is 0 Å². The molecule has 1 aromatic carbocycles. The molecule has 76 valence electrons. The van der Waals surface area contributed by atoms with Gasteiger partial charge in [-0.2, -0.15) is 0 Å². The summed E-state index contributed by atoms with van der Waals surface area (Å²) < 4.78 is 0. The van der Waals surface area contributed by atoms with E-state index in [4.69, 9.17) is 5.73 Å². The van der Waals surface area contributed by atoms with Crippen molar-refractivity contribution in [2.75, 3.05) is 18.0 Å². The van der Waals surface area contributed by atoms with Crippen LogP contribution in [0.4, 0.5) is 5.69 Å². The monoisotopic (exact) mass is 190 g/mol. The summed E-state index contributed by atoms with van der Waals surface area (Å²) in [6.07, 6.45) is 2.33. The molecule has 1 atom stereocenters. The number of para-hydroxylation sites is 1. The van der Waals surface area contributed by atoms with Gasteiger partial charge in [-0.1, -0.05) is 18.2 Å². The average Bonchev–Trinajstić information content (AvgIpc) is 2.18. The average molecular weight is 190 g/mol. The van der Waals surface area contributed by atoms with E-state index in [9.17, 15) is 0 Å². The fraction of sp³-hybridized carbons (Fsp3) is 0.500. The summed E-state index contributed by atoms with van der Waals surface area (Å²) in [6.45, 7) is 4.25. The van der Waals surface area contributed by atoms with Crippen molar-refractivity contribution < 1.29 is 0 Å².